The van der Waals surface area contributed by atoms with Crippen molar-refractivity contribution < 1.29 is 4.42 Å². The van der Waals surface area contributed by atoms with Crippen molar-refractivity contribution in [2.24, 2.45) is 0 Å². The summed E-state index contributed by atoms with van der Waals surface area (Å²) in [4.78, 5) is 10.7. The molecule has 4 heteroatoms. The predicted octanol–water partition coefficient (Wildman–Crippen LogP) is 13.7. The molecule has 0 saturated heterocycles. The van der Waals surface area contributed by atoms with Gasteiger partial charge in [0.1, 0.15) is 11.2 Å². The van der Waals surface area contributed by atoms with Crippen molar-refractivity contribution in [3.8, 4) is 44.9 Å². The molecular weight excluding hydrogens is 653 g/mol. The van der Waals surface area contributed by atoms with E-state index in [-0.39, 0.29) is 0 Å². The van der Waals surface area contributed by atoms with Gasteiger partial charge in [0, 0.05) is 32.0 Å². The van der Waals surface area contributed by atoms with Crippen LogP contribution in [0.15, 0.2) is 174 Å². The van der Waals surface area contributed by atoms with E-state index >= 15 is 0 Å². The van der Waals surface area contributed by atoms with Gasteiger partial charge in [-0.2, -0.15) is 0 Å². The van der Waals surface area contributed by atoms with Crippen LogP contribution in [0.25, 0.3) is 109 Å². The molecule has 0 fully saturated rings. The van der Waals surface area contributed by atoms with Crippen LogP contribution in [0.1, 0.15) is 0 Å². The maximum Gasteiger partial charge on any atom is 0.161 e. The molecular formula is C48H28N2OS. The molecule has 0 aliphatic carbocycles. The Morgan fingerprint density at radius 1 is 0.423 bits per heavy atom. The van der Waals surface area contributed by atoms with Gasteiger partial charge >= 0.3 is 0 Å². The van der Waals surface area contributed by atoms with Gasteiger partial charge in [-0.15, -0.1) is 11.3 Å². The molecule has 0 saturated carbocycles. The van der Waals surface area contributed by atoms with Gasteiger partial charge in [0.05, 0.1) is 15.9 Å². The van der Waals surface area contributed by atoms with E-state index in [9.17, 15) is 0 Å². The zero-order valence-corrected chi connectivity index (χ0v) is 28.7. The number of nitrogens with zero attached hydrogens (tertiary/aromatic N) is 2. The molecule has 0 bridgehead atoms. The molecule has 8 aromatic carbocycles. The van der Waals surface area contributed by atoms with Gasteiger partial charge in [-0.1, -0.05) is 127 Å². The number of thiophene rings is 1. The van der Waals surface area contributed by atoms with Crippen LogP contribution in [0.2, 0.25) is 0 Å². The monoisotopic (exact) mass is 680 g/mol. The van der Waals surface area contributed by atoms with Gasteiger partial charge in [-0.3, -0.25) is 0 Å². The van der Waals surface area contributed by atoms with Crippen molar-refractivity contribution in [1.29, 1.82) is 0 Å². The Kier molecular flexibility index (Phi) is 6.42. The standard InChI is InChI=1S/C48H28N2OS/c1-2-9-29(10-3-1)32-18-19-34-26-35(21-20-33(34)25-32)36-23-24-41-40(28-36)44-39(14-8-15-42(44)51-41)48-49-45(37-22-17-30-11-4-5-12-31(30)27-37)47-46(50-48)38-13-6-7-16-43(38)52-47/h1-28H. The smallest absolute Gasteiger partial charge is 0.161 e. The van der Waals surface area contributed by atoms with Crippen molar-refractivity contribution in [1.82, 2.24) is 9.97 Å². The average Bonchev–Trinajstić information content (AvgIpc) is 3.78. The number of hydrogen-bond donors (Lipinski definition) is 0. The highest BCUT2D eigenvalue weighted by molar-refractivity contribution is 7.26. The molecule has 11 aromatic rings. The van der Waals surface area contributed by atoms with E-state index < -0.39 is 0 Å². The van der Waals surface area contributed by atoms with Gasteiger partial charge in [0.15, 0.2) is 5.82 Å². The fourth-order valence-electron chi connectivity index (χ4n) is 7.67. The van der Waals surface area contributed by atoms with Gasteiger partial charge in [0.2, 0.25) is 0 Å². The first kappa shape index (κ1) is 29.1. The summed E-state index contributed by atoms with van der Waals surface area (Å²) in [5, 5.41) is 8.05. The first-order valence-corrected chi connectivity index (χ1v) is 18.3. The van der Waals surface area contributed by atoms with Crippen molar-refractivity contribution in [3.05, 3.63) is 170 Å². The van der Waals surface area contributed by atoms with Crippen LogP contribution >= 0.6 is 11.3 Å². The van der Waals surface area contributed by atoms with E-state index in [1.807, 2.05) is 12.1 Å². The predicted molar refractivity (Wildman–Crippen MR) is 219 cm³/mol. The Hall–Kier alpha value is -6.62. The Balaban J connectivity index is 1.09. The van der Waals surface area contributed by atoms with Gasteiger partial charge in [-0.05, 0) is 86.3 Å². The average molecular weight is 681 g/mol. The van der Waals surface area contributed by atoms with Crippen LogP contribution in [0.5, 0.6) is 0 Å². The molecule has 0 radical (unpaired) electrons. The number of aromatic nitrogens is 2. The number of fused-ring (bicyclic) bond motifs is 8. The van der Waals surface area contributed by atoms with Gasteiger partial charge in [-0.25, -0.2) is 9.97 Å². The number of benzene rings is 8. The van der Waals surface area contributed by atoms with Crippen LogP contribution in [-0.2, 0) is 0 Å². The highest BCUT2D eigenvalue weighted by atomic mass is 32.1. The lowest BCUT2D eigenvalue weighted by Crippen LogP contribution is -1.94. The van der Waals surface area contributed by atoms with Gasteiger partial charge < -0.3 is 4.42 Å². The number of furan rings is 1. The molecule has 3 aromatic heterocycles. The second-order valence-electron chi connectivity index (χ2n) is 13.4. The topological polar surface area (TPSA) is 38.9 Å². The van der Waals surface area contributed by atoms with Crippen molar-refractivity contribution in [2.75, 3.05) is 0 Å². The number of hydrogen-bond acceptors (Lipinski definition) is 4. The first-order chi connectivity index (χ1) is 25.7. The van der Waals surface area contributed by atoms with E-state index in [2.05, 4.69) is 158 Å². The molecule has 0 atom stereocenters. The quantitative estimate of drug-likeness (QED) is 0.186. The Bertz CT molecular complexity index is 3190. The molecule has 3 nitrogen and oxygen atoms in total. The Morgan fingerprint density at radius 2 is 1.08 bits per heavy atom. The third-order valence-electron chi connectivity index (χ3n) is 10.3. The molecule has 0 unspecified atom stereocenters. The fraction of sp³-hybridized carbons (Fsp3) is 0. The zero-order chi connectivity index (χ0) is 34.2. The van der Waals surface area contributed by atoms with Crippen LogP contribution < -0.4 is 0 Å². The number of rotatable bonds is 4. The highest BCUT2D eigenvalue weighted by Crippen LogP contribution is 2.43. The lowest BCUT2D eigenvalue weighted by molar-refractivity contribution is 0.669. The summed E-state index contributed by atoms with van der Waals surface area (Å²) >= 11 is 1.76. The van der Waals surface area contributed by atoms with Crippen LogP contribution in [0.4, 0.5) is 0 Å². The molecule has 11 rings (SSSR count). The van der Waals surface area contributed by atoms with Crippen LogP contribution in [0.3, 0.4) is 0 Å². The van der Waals surface area contributed by atoms with E-state index in [0.717, 1.165) is 65.5 Å². The minimum Gasteiger partial charge on any atom is -0.456 e. The van der Waals surface area contributed by atoms with Crippen molar-refractivity contribution in [3.63, 3.8) is 0 Å². The van der Waals surface area contributed by atoms with Gasteiger partial charge in [0.25, 0.3) is 0 Å². The molecule has 3 heterocycles. The summed E-state index contributed by atoms with van der Waals surface area (Å²) in [5.41, 5.74) is 10.4. The summed E-state index contributed by atoms with van der Waals surface area (Å²) in [6.07, 6.45) is 0. The Morgan fingerprint density at radius 3 is 1.94 bits per heavy atom. The third kappa shape index (κ3) is 4.65. The summed E-state index contributed by atoms with van der Waals surface area (Å²) in [6, 6.07) is 60.3. The Labute approximate surface area is 303 Å². The molecule has 52 heavy (non-hydrogen) atoms. The summed E-state index contributed by atoms with van der Waals surface area (Å²) in [5.74, 6) is 0.692. The first-order valence-electron chi connectivity index (χ1n) is 17.5. The van der Waals surface area contributed by atoms with E-state index in [1.54, 1.807) is 11.3 Å². The lowest BCUT2D eigenvalue weighted by Gasteiger charge is -2.09. The van der Waals surface area contributed by atoms with E-state index in [1.165, 1.54) is 37.4 Å². The maximum absolute atomic E-state index is 6.48. The molecule has 0 aliphatic rings. The molecule has 242 valence electrons. The molecule has 0 spiro atoms. The van der Waals surface area contributed by atoms with Crippen molar-refractivity contribution in [2.45, 2.75) is 0 Å². The van der Waals surface area contributed by atoms with Crippen molar-refractivity contribution >= 4 is 75.1 Å². The molecule has 0 amide bonds. The summed E-state index contributed by atoms with van der Waals surface area (Å²) in [7, 11) is 0. The second-order valence-corrected chi connectivity index (χ2v) is 14.4. The second kappa shape index (κ2) is 11.5. The SMILES string of the molecule is c1ccc(-c2ccc3cc(-c4ccc5oc6cccc(-c7nc(-c8ccc9ccccc9c8)c8sc9ccccc9c8n7)c6c5c4)ccc3c2)cc1. The zero-order valence-electron chi connectivity index (χ0n) is 27.9. The summed E-state index contributed by atoms with van der Waals surface area (Å²) in [6.45, 7) is 0. The molecule has 0 aliphatic heterocycles. The maximum atomic E-state index is 6.48. The van der Waals surface area contributed by atoms with E-state index in [0.29, 0.717) is 5.82 Å². The summed E-state index contributed by atoms with van der Waals surface area (Å²) < 4.78 is 8.78. The van der Waals surface area contributed by atoms with Crippen LogP contribution in [-0.4, -0.2) is 9.97 Å². The minimum absolute atomic E-state index is 0.692. The molecule has 0 N–H and O–H groups in total. The van der Waals surface area contributed by atoms with E-state index in [4.69, 9.17) is 14.4 Å². The lowest BCUT2D eigenvalue weighted by atomic mass is 9.96. The van der Waals surface area contributed by atoms with Crippen LogP contribution in [0, 0.1) is 0 Å². The normalized spacial score (nSPS) is 11.8. The third-order valence-corrected chi connectivity index (χ3v) is 11.4. The highest BCUT2D eigenvalue weighted by Gasteiger charge is 2.20. The largest absolute Gasteiger partial charge is 0.456 e. The fourth-order valence-corrected chi connectivity index (χ4v) is 8.83. The minimum atomic E-state index is 0.692.